The van der Waals surface area contributed by atoms with E-state index >= 15 is 0 Å². The predicted molar refractivity (Wildman–Crippen MR) is 115 cm³/mol. The average Bonchev–Trinajstić information content (AvgIpc) is 3.26. The summed E-state index contributed by atoms with van der Waals surface area (Å²) in [5.41, 5.74) is 1.04. The number of hydrogen-bond donors (Lipinski definition) is 1. The van der Waals surface area contributed by atoms with E-state index in [9.17, 15) is 13.2 Å². The lowest BCUT2D eigenvalue weighted by Gasteiger charge is -2.19. The number of amides is 1. The number of rotatable bonds is 7. The lowest BCUT2D eigenvalue weighted by atomic mass is 10.3. The van der Waals surface area contributed by atoms with Gasteiger partial charge in [0.1, 0.15) is 5.75 Å². The zero-order valence-corrected chi connectivity index (χ0v) is 17.5. The van der Waals surface area contributed by atoms with E-state index < -0.39 is 10.0 Å². The SMILES string of the molecule is CN(c1ccc(OCC(=O)Nc2ccc3c(c2)OCO3)cc1)S(=O)(=O)c1ccccc1. The number of fused-ring (bicyclic) bond motifs is 1. The van der Waals surface area contributed by atoms with Gasteiger partial charge in [-0.25, -0.2) is 8.42 Å². The van der Waals surface area contributed by atoms with Crippen LogP contribution in [0.2, 0.25) is 0 Å². The highest BCUT2D eigenvalue weighted by Crippen LogP contribution is 2.34. The van der Waals surface area contributed by atoms with Gasteiger partial charge in [0.2, 0.25) is 6.79 Å². The number of ether oxygens (including phenoxy) is 3. The smallest absolute Gasteiger partial charge is 0.264 e. The second-order valence-electron chi connectivity index (χ2n) is 6.68. The number of carbonyl (C=O) groups is 1. The van der Waals surface area contributed by atoms with Crippen LogP contribution in [0, 0.1) is 0 Å². The van der Waals surface area contributed by atoms with E-state index in [0.29, 0.717) is 28.6 Å². The molecule has 31 heavy (non-hydrogen) atoms. The fourth-order valence-electron chi connectivity index (χ4n) is 2.96. The summed E-state index contributed by atoms with van der Waals surface area (Å²) in [6.45, 7) is -0.0420. The lowest BCUT2D eigenvalue weighted by Crippen LogP contribution is -2.26. The third-order valence-corrected chi connectivity index (χ3v) is 6.43. The van der Waals surface area contributed by atoms with Crippen molar-refractivity contribution < 1.29 is 27.4 Å². The first-order valence-corrected chi connectivity index (χ1v) is 10.8. The normalized spacial score (nSPS) is 12.3. The fourth-order valence-corrected chi connectivity index (χ4v) is 4.18. The Balaban J connectivity index is 1.35. The standard InChI is InChI=1S/C22H20N2O6S/c1-24(31(26,27)19-5-3-2-4-6-19)17-8-10-18(11-9-17)28-14-22(25)23-16-7-12-20-21(13-16)30-15-29-20/h2-13H,14-15H2,1H3,(H,23,25). The fraction of sp³-hybridized carbons (Fsp3) is 0.136. The Hall–Kier alpha value is -3.72. The van der Waals surface area contributed by atoms with Gasteiger partial charge in [0.25, 0.3) is 15.9 Å². The molecule has 0 atom stereocenters. The third-order valence-electron chi connectivity index (χ3n) is 4.63. The first kappa shape index (κ1) is 20.5. The monoisotopic (exact) mass is 440 g/mol. The van der Waals surface area contributed by atoms with E-state index in [1.165, 1.54) is 11.4 Å². The number of nitrogens with zero attached hydrogens (tertiary/aromatic N) is 1. The van der Waals surface area contributed by atoms with Gasteiger partial charge in [-0.2, -0.15) is 0 Å². The van der Waals surface area contributed by atoms with E-state index in [1.807, 2.05) is 0 Å². The largest absolute Gasteiger partial charge is 0.484 e. The molecule has 3 aromatic rings. The van der Waals surface area contributed by atoms with Crippen LogP contribution in [0.5, 0.6) is 17.2 Å². The van der Waals surface area contributed by atoms with E-state index in [1.54, 1.807) is 72.8 Å². The Morgan fingerprint density at radius 1 is 1.00 bits per heavy atom. The Kier molecular flexibility index (Phi) is 5.68. The molecule has 3 aromatic carbocycles. The van der Waals surface area contributed by atoms with Crippen molar-refractivity contribution in [2.75, 3.05) is 30.1 Å². The molecule has 1 aliphatic heterocycles. The highest BCUT2D eigenvalue weighted by Gasteiger charge is 2.21. The molecule has 9 heteroatoms. The molecular weight excluding hydrogens is 420 g/mol. The molecule has 1 aliphatic rings. The van der Waals surface area contributed by atoms with Gasteiger partial charge >= 0.3 is 0 Å². The molecule has 0 unspecified atom stereocenters. The van der Waals surface area contributed by atoms with E-state index in [4.69, 9.17) is 14.2 Å². The van der Waals surface area contributed by atoms with Gasteiger partial charge in [0.15, 0.2) is 18.1 Å². The van der Waals surface area contributed by atoms with Gasteiger partial charge in [-0.1, -0.05) is 18.2 Å². The van der Waals surface area contributed by atoms with Crippen LogP contribution in [-0.4, -0.2) is 34.8 Å². The van der Waals surface area contributed by atoms with Crippen molar-refractivity contribution in [3.05, 3.63) is 72.8 Å². The summed E-state index contributed by atoms with van der Waals surface area (Å²) in [6, 6.07) is 19.8. The predicted octanol–water partition coefficient (Wildman–Crippen LogP) is 3.26. The Morgan fingerprint density at radius 2 is 1.71 bits per heavy atom. The summed E-state index contributed by atoms with van der Waals surface area (Å²) in [5, 5.41) is 2.72. The van der Waals surface area contributed by atoms with Gasteiger partial charge in [0, 0.05) is 18.8 Å². The molecule has 8 nitrogen and oxygen atoms in total. The van der Waals surface area contributed by atoms with Crippen molar-refractivity contribution >= 4 is 27.3 Å². The zero-order valence-electron chi connectivity index (χ0n) is 16.6. The van der Waals surface area contributed by atoms with Crippen molar-refractivity contribution in [1.82, 2.24) is 0 Å². The number of anilines is 2. The first-order valence-electron chi connectivity index (χ1n) is 9.40. The number of nitrogens with one attached hydrogen (secondary N) is 1. The summed E-state index contributed by atoms with van der Waals surface area (Å²) in [7, 11) is -2.18. The van der Waals surface area contributed by atoms with Crippen molar-refractivity contribution in [3.8, 4) is 17.2 Å². The van der Waals surface area contributed by atoms with Crippen LogP contribution in [0.25, 0.3) is 0 Å². The van der Waals surface area contributed by atoms with E-state index in [0.717, 1.165) is 0 Å². The Morgan fingerprint density at radius 3 is 2.45 bits per heavy atom. The lowest BCUT2D eigenvalue weighted by molar-refractivity contribution is -0.118. The first-order chi connectivity index (χ1) is 14.9. The summed E-state index contributed by atoms with van der Waals surface area (Å²) in [6.07, 6.45) is 0. The average molecular weight is 440 g/mol. The van der Waals surface area contributed by atoms with Crippen molar-refractivity contribution in [2.24, 2.45) is 0 Å². The summed E-state index contributed by atoms with van der Waals surface area (Å²) in [5.74, 6) is 1.30. The van der Waals surface area contributed by atoms with Gasteiger partial charge in [-0.15, -0.1) is 0 Å². The minimum absolute atomic E-state index is 0.160. The van der Waals surface area contributed by atoms with Gasteiger partial charge in [-0.3, -0.25) is 9.10 Å². The molecule has 0 saturated heterocycles. The minimum Gasteiger partial charge on any atom is -0.484 e. The second-order valence-corrected chi connectivity index (χ2v) is 8.65. The van der Waals surface area contributed by atoms with Crippen LogP contribution in [0.3, 0.4) is 0 Å². The number of hydrogen-bond acceptors (Lipinski definition) is 6. The van der Waals surface area contributed by atoms with Crippen LogP contribution in [0.4, 0.5) is 11.4 Å². The number of benzene rings is 3. The van der Waals surface area contributed by atoms with Crippen LogP contribution in [-0.2, 0) is 14.8 Å². The van der Waals surface area contributed by atoms with Gasteiger partial charge in [-0.05, 0) is 48.5 Å². The van der Waals surface area contributed by atoms with Crippen molar-refractivity contribution in [3.63, 3.8) is 0 Å². The van der Waals surface area contributed by atoms with Crippen LogP contribution in [0.1, 0.15) is 0 Å². The quantitative estimate of drug-likeness (QED) is 0.606. The topological polar surface area (TPSA) is 94.2 Å². The summed E-state index contributed by atoms with van der Waals surface area (Å²) < 4.78 is 42.6. The molecule has 0 bridgehead atoms. The van der Waals surface area contributed by atoms with Crippen LogP contribution in [0.15, 0.2) is 77.7 Å². The molecule has 160 valence electrons. The van der Waals surface area contributed by atoms with Gasteiger partial charge in [0.05, 0.1) is 10.6 Å². The second kappa shape index (κ2) is 8.57. The maximum Gasteiger partial charge on any atom is 0.264 e. The molecule has 1 heterocycles. The Bertz CT molecular complexity index is 1180. The highest BCUT2D eigenvalue weighted by molar-refractivity contribution is 7.92. The van der Waals surface area contributed by atoms with Crippen LogP contribution >= 0.6 is 0 Å². The molecule has 0 saturated carbocycles. The Labute approximate surface area is 180 Å². The molecule has 0 aromatic heterocycles. The number of carbonyl (C=O) groups excluding carboxylic acids is 1. The summed E-state index contributed by atoms with van der Waals surface area (Å²) >= 11 is 0. The highest BCUT2D eigenvalue weighted by atomic mass is 32.2. The van der Waals surface area contributed by atoms with E-state index in [2.05, 4.69) is 5.32 Å². The minimum atomic E-state index is -3.66. The van der Waals surface area contributed by atoms with Gasteiger partial charge < -0.3 is 19.5 Å². The molecule has 0 fully saturated rings. The number of sulfonamides is 1. The maximum absolute atomic E-state index is 12.7. The third kappa shape index (κ3) is 4.56. The van der Waals surface area contributed by atoms with E-state index in [-0.39, 0.29) is 24.2 Å². The summed E-state index contributed by atoms with van der Waals surface area (Å²) in [4.78, 5) is 12.4. The molecule has 0 spiro atoms. The molecular formula is C22H20N2O6S. The van der Waals surface area contributed by atoms with Crippen molar-refractivity contribution in [1.29, 1.82) is 0 Å². The molecule has 0 aliphatic carbocycles. The molecule has 1 N–H and O–H groups in total. The van der Waals surface area contributed by atoms with Crippen LogP contribution < -0.4 is 23.8 Å². The molecule has 1 amide bonds. The molecule has 4 rings (SSSR count). The van der Waals surface area contributed by atoms with Crippen molar-refractivity contribution in [2.45, 2.75) is 4.90 Å². The zero-order chi connectivity index (χ0) is 21.8. The molecule has 0 radical (unpaired) electrons. The maximum atomic E-state index is 12.7.